The second kappa shape index (κ2) is 5.01. The van der Waals surface area contributed by atoms with Gasteiger partial charge in [-0.15, -0.1) is 22.7 Å². The Morgan fingerprint density at radius 2 is 2.17 bits per heavy atom. The molecule has 0 aliphatic heterocycles. The Morgan fingerprint density at radius 1 is 1.28 bits per heavy atom. The number of rotatable bonds is 3. The summed E-state index contributed by atoms with van der Waals surface area (Å²) in [6.45, 7) is 0.669. The maximum absolute atomic E-state index is 6.07. The Labute approximate surface area is 121 Å². The molecule has 18 heavy (non-hydrogen) atoms. The van der Waals surface area contributed by atoms with E-state index < -0.39 is 0 Å². The predicted octanol–water partition coefficient (Wildman–Crippen LogP) is 4.67. The molecule has 0 saturated heterocycles. The number of thiazole rings is 1. The first kappa shape index (κ1) is 12.2. The molecule has 1 N–H and O–H groups in total. The summed E-state index contributed by atoms with van der Waals surface area (Å²) in [5, 5.41) is 9.23. The molecule has 0 saturated carbocycles. The highest BCUT2D eigenvalue weighted by Gasteiger charge is 2.10. The summed E-state index contributed by atoms with van der Waals surface area (Å²) in [4.78, 5) is 8.46. The highest BCUT2D eigenvalue weighted by atomic mass is 35.5. The van der Waals surface area contributed by atoms with Gasteiger partial charge in [0.05, 0.1) is 22.0 Å². The van der Waals surface area contributed by atoms with Crippen molar-refractivity contribution in [1.82, 2.24) is 9.97 Å². The van der Waals surface area contributed by atoms with Crippen molar-refractivity contribution in [2.75, 3.05) is 5.32 Å². The summed E-state index contributed by atoms with van der Waals surface area (Å²) in [7, 11) is 0. The molecule has 3 rings (SSSR count). The Hall–Kier alpha value is -0.880. The number of thiophene rings is 1. The fraction of sp³-hybridized carbons (Fsp3) is 0.0909. The Morgan fingerprint density at radius 3 is 2.94 bits per heavy atom. The smallest absolute Gasteiger partial charge is 0.131 e. The number of fused-ring (bicyclic) bond motifs is 1. The third-order valence-corrected chi connectivity index (χ3v) is 4.76. The van der Waals surface area contributed by atoms with Crippen LogP contribution in [0.25, 0.3) is 10.2 Å². The van der Waals surface area contributed by atoms with Crippen LogP contribution in [0.3, 0.4) is 0 Å². The molecule has 0 bridgehead atoms. The van der Waals surface area contributed by atoms with Gasteiger partial charge in [-0.2, -0.15) is 0 Å². The van der Waals surface area contributed by atoms with Gasteiger partial charge in [0.2, 0.25) is 0 Å². The van der Waals surface area contributed by atoms with E-state index in [9.17, 15) is 0 Å². The van der Waals surface area contributed by atoms with Crippen LogP contribution in [0.4, 0.5) is 5.69 Å². The second-order valence-electron chi connectivity index (χ2n) is 3.53. The summed E-state index contributed by atoms with van der Waals surface area (Å²) in [6, 6.07) is 1.81. The minimum Gasteiger partial charge on any atom is -0.377 e. The number of halogens is 2. The van der Waals surface area contributed by atoms with Gasteiger partial charge in [0.15, 0.2) is 0 Å². The second-order valence-corrected chi connectivity index (χ2v) is 6.19. The van der Waals surface area contributed by atoms with Crippen molar-refractivity contribution >= 4 is 61.8 Å². The van der Waals surface area contributed by atoms with Gasteiger partial charge in [-0.3, -0.25) is 0 Å². The largest absolute Gasteiger partial charge is 0.377 e. The Bertz CT molecular complexity index is 679. The molecule has 3 nitrogen and oxygen atoms in total. The van der Waals surface area contributed by atoms with Crippen molar-refractivity contribution in [3.05, 3.63) is 38.2 Å². The third kappa shape index (κ3) is 2.31. The Kier molecular flexibility index (Phi) is 3.39. The van der Waals surface area contributed by atoms with Crippen LogP contribution in [0.2, 0.25) is 10.2 Å². The van der Waals surface area contributed by atoms with Crippen LogP contribution in [0.5, 0.6) is 0 Å². The number of aromatic nitrogens is 2. The first-order valence-electron chi connectivity index (χ1n) is 5.09. The molecule has 0 unspecified atom stereocenters. The van der Waals surface area contributed by atoms with Gasteiger partial charge in [0, 0.05) is 23.0 Å². The highest BCUT2D eigenvalue weighted by Crippen LogP contribution is 2.35. The monoisotopic (exact) mass is 315 g/mol. The molecule has 0 radical (unpaired) electrons. The van der Waals surface area contributed by atoms with Gasteiger partial charge in [0.1, 0.15) is 15.7 Å². The zero-order chi connectivity index (χ0) is 12.5. The van der Waals surface area contributed by atoms with E-state index in [1.165, 1.54) is 0 Å². The van der Waals surface area contributed by atoms with Gasteiger partial charge in [-0.1, -0.05) is 23.2 Å². The fourth-order valence-electron chi connectivity index (χ4n) is 1.59. The van der Waals surface area contributed by atoms with Crippen LogP contribution in [0.1, 0.15) is 5.01 Å². The highest BCUT2D eigenvalue weighted by molar-refractivity contribution is 7.18. The average Bonchev–Trinajstić information content (AvgIpc) is 2.97. The number of nitrogens with zero attached hydrogens (tertiary/aromatic N) is 2. The van der Waals surface area contributed by atoms with E-state index in [0.29, 0.717) is 16.7 Å². The minimum absolute atomic E-state index is 0.435. The van der Waals surface area contributed by atoms with Crippen molar-refractivity contribution in [3.8, 4) is 0 Å². The molecule has 0 spiro atoms. The maximum Gasteiger partial charge on any atom is 0.131 e. The summed E-state index contributed by atoms with van der Waals surface area (Å²) < 4.78 is 1.01. The molecular weight excluding hydrogens is 309 g/mol. The number of anilines is 1. The average molecular weight is 316 g/mol. The van der Waals surface area contributed by atoms with Crippen molar-refractivity contribution in [2.24, 2.45) is 0 Å². The topological polar surface area (TPSA) is 37.8 Å². The number of pyridine rings is 1. The van der Waals surface area contributed by atoms with E-state index in [1.54, 1.807) is 28.9 Å². The van der Waals surface area contributed by atoms with Crippen LogP contribution in [-0.4, -0.2) is 9.97 Å². The molecule has 3 aromatic heterocycles. The molecule has 0 aromatic carbocycles. The van der Waals surface area contributed by atoms with Crippen LogP contribution < -0.4 is 5.32 Å². The lowest BCUT2D eigenvalue weighted by molar-refractivity contribution is 1.11. The molecule has 0 amide bonds. The number of hydrogen-bond donors (Lipinski definition) is 1. The molecule has 0 atom stereocenters. The number of hydrogen-bond acceptors (Lipinski definition) is 5. The normalized spacial score (nSPS) is 11.0. The lowest BCUT2D eigenvalue weighted by Gasteiger charge is -2.06. The first-order chi connectivity index (χ1) is 8.74. The van der Waals surface area contributed by atoms with E-state index in [1.807, 2.05) is 16.8 Å². The van der Waals surface area contributed by atoms with Crippen LogP contribution in [0, 0.1) is 0 Å². The third-order valence-electron chi connectivity index (χ3n) is 2.36. The maximum atomic E-state index is 6.07. The van der Waals surface area contributed by atoms with Gasteiger partial charge in [0.25, 0.3) is 0 Å². The van der Waals surface area contributed by atoms with Crippen LogP contribution in [-0.2, 0) is 6.54 Å². The zero-order valence-electron chi connectivity index (χ0n) is 8.98. The van der Waals surface area contributed by atoms with Gasteiger partial charge >= 0.3 is 0 Å². The fourth-order valence-corrected chi connectivity index (χ4v) is 3.53. The Balaban J connectivity index is 1.95. The van der Waals surface area contributed by atoms with Gasteiger partial charge in [-0.25, -0.2) is 9.97 Å². The van der Waals surface area contributed by atoms with Crippen molar-refractivity contribution in [1.29, 1.82) is 0 Å². The van der Waals surface area contributed by atoms with Gasteiger partial charge in [-0.05, 0) is 0 Å². The molecule has 3 heterocycles. The molecule has 0 aliphatic rings. The molecule has 7 heteroatoms. The van der Waals surface area contributed by atoms with Crippen LogP contribution >= 0.6 is 45.9 Å². The molecule has 92 valence electrons. The van der Waals surface area contributed by atoms with E-state index in [4.69, 9.17) is 23.2 Å². The number of nitrogens with one attached hydrogen (secondary N) is 1. The van der Waals surface area contributed by atoms with E-state index in [0.717, 1.165) is 20.9 Å². The molecule has 0 fully saturated rings. The standard InChI is InChI=1S/C11H7Cl2N3S2/c12-6-5-18-11-7(3-8(13)16-10(6)11)15-4-9-14-1-2-17-9/h1-3,5H,4H2,(H,15,16). The molecule has 0 aliphatic carbocycles. The minimum atomic E-state index is 0.435. The lowest BCUT2D eigenvalue weighted by atomic mass is 10.3. The van der Waals surface area contributed by atoms with Gasteiger partial charge < -0.3 is 5.32 Å². The quantitative estimate of drug-likeness (QED) is 0.713. The van der Waals surface area contributed by atoms with Crippen molar-refractivity contribution in [3.63, 3.8) is 0 Å². The van der Waals surface area contributed by atoms with Crippen molar-refractivity contribution < 1.29 is 0 Å². The first-order valence-corrected chi connectivity index (χ1v) is 7.61. The van der Waals surface area contributed by atoms with E-state index >= 15 is 0 Å². The summed E-state index contributed by atoms with van der Waals surface area (Å²) in [6.07, 6.45) is 1.79. The predicted molar refractivity (Wildman–Crippen MR) is 79.1 cm³/mol. The molecule has 3 aromatic rings. The summed E-state index contributed by atoms with van der Waals surface area (Å²) in [5.74, 6) is 0. The zero-order valence-corrected chi connectivity index (χ0v) is 12.1. The summed E-state index contributed by atoms with van der Waals surface area (Å²) in [5.41, 5.74) is 1.69. The SMILES string of the molecule is Clc1cc(NCc2nccs2)c2scc(Cl)c2n1. The van der Waals surface area contributed by atoms with E-state index in [2.05, 4.69) is 15.3 Å². The van der Waals surface area contributed by atoms with Crippen LogP contribution in [0.15, 0.2) is 23.0 Å². The van der Waals surface area contributed by atoms with E-state index in [-0.39, 0.29) is 0 Å². The van der Waals surface area contributed by atoms with Crippen molar-refractivity contribution in [2.45, 2.75) is 6.54 Å². The lowest BCUT2D eigenvalue weighted by Crippen LogP contribution is -1.99. The molecular formula is C11H7Cl2N3S2. The summed E-state index contributed by atoms with van der Waals surface area (Å²) >= 11 is 15.2.